The fraction of sp³-hybridized carbons (Fsp3) is 0.389. The predicted molar refractivity (Wildman–Crippen MR) is 103 cm³/mol. The number of amides is 1. The molecular weight excluding hydrogens is 368 g/mol. The molecule has 144 valence electrons. The van der Waals surface area contributed by atoms with E-state index in [0.29, 0.717) is 30.4 Å². The fourth-order valence-corrected chi connectivity index (χ4v) is 4.70. The number of carbonyl (C=O) groups is 1. The minimum absolute atomic E-state index is 0.0744. The number of hydrogen-bond acceptors (Lipinski definition) is 7. The van der Waals surface area contributed by atoms with Gasteiger partial charge in [0.1, 0.15) is 11.4 Å². The van der Waals surface area contributed by atoms with E-state index in [2.05, 4.69) is 15.3 Å². The highest BCUT2D eigenvalue weighted by Crippen LogP contribution is 2.24. The van der Waals surface area contributed by atoms with Gasteiger partial charge in [-0.2, -0.15) is 0 Å². The van der Waals surface area contributed by atoms with E-state index in [4.69, 9.17) is 4.74 Å². The van der Waals surface area contributed by atoms with Crippen LogP contribution in [0.3, 0.4) is 0 Å². The van der Waals surface area contributed by atoms with Crippen LogP contribution in [0.2, 0.25) is 0 Å². The average Bonchev–Trinajstić information content (AvgIpc) is 3.03. The predicted octanol–water partition coefficient (Wildman–Crippen LogP) is 1.75. The highest BCUT2D eigenvalue weighted by molar-refractivity contribution is 7.91. The molecule has 0 bridgehead atoms. The zero-order valence-electron chi connectivity index (χ0n) is 15.3. The molecule has 1 aromatic heterocycles. The maximum absolute atomic E-state index is 12.6. The van der Waals surface area contributed by atoms with Crippen molar-refractivity contribution in [3.63, 3.8) is 0 Å². The first-order chi connectivity index (χ1) is 12.9. The molecule has 1 atom stereocenters. The number of rotatable bonds is 6. The van der Waals surface area contributed by atoms with Crippen molar-refractivity contribution in [2.45, 2.75) is 19.4 Å². The van der Waals surface area contributed by atoms with E-state index >= 15 is 0 Å². The van der Waals surface area contributed by atoms with Gasteiger partial charge in [-0.1, -0.05) is 12.1 Å². The summed E-state index contributed by atoms with van der Waals surface area (Å²) in [5.74, 6) is 0.749. The molecule has 0 saturated carbocycles. The first-order valence-corrected chi connectivity index (χ1v) is 10.5. The second-order valence-corrected chi connectivity index (χ2v) is 8.52. The minimum Gasteiger partial charge on any atom is -0.492 e. The normalized spacial score (nSPS) is 18.1. The topological polar surface area (TPSA) is 101 Å². The third-order valence-electron chi connectivity index (χ3n) is 4.38. The van der Waals surface area contributed by atoms with Gasteiger partial charge in [-0.05, 0) is 31.5 Å². The molecule has 1 unspecified atom stereocenters. The summed E-state index contributed by atoms with van der Waals surface area (Å²) in [7, 11) is -1.27. The summed E-state index contributed by atoms with van der Waals surface area (Å²) in [5, 5.41) is 2.79. The maximum Gasteiger partial charge on any atom is 0.274 e. The summed E-state index contributed by atoms with van der Waals surface area (Å²) < 4.78 is 28.9. The van der Waals surface area contributed by atoms with Crippen molar-refractivity contribution in [3.8, 4) is 5.75 Å². The monoisotopic (exact) mass is 390 g/mol. The first-order valence-electron chi connectivity index (χ1n) is 8.69. The summed E-state index contributed by atoms with van der Waals surface area (Å²) >= 11 is 0. The molecule has 1 aliphatic rings. The Bertz CT molecular complexity index is 932. The molecule has 1 amide bonds. The maximum atomic E-state index is 12.6. The number of sulfone groups is 1. The molecule has 1 saturated heterocycles. The van der Waals surface area contributed by atoms with Crippen molar-refractivity contribution in [2.75, 3.05) is 35.4 Å². The third-order valence-corrected chi connectivity index (χ3v) is 6.13. The van der Waals surface area contributed by atoms with Crippen molar-refractivity contribution < 1.29 is 17.9 Å². The minimum atomic E-state index is -3.02. The van der Waals surface area contributed by atoms with E-state index in [1.807, 2.05) is 13.0 Å². The molecule has 1 fully saturated rings. The van der Waals surface area contributed by atoms with Crippen LogP contribution in [0.25, 0.3) is 0 Å². The van der Waals surface area contributed by atoms with Gasteiger partial charge < -0.3 is 15.0 Å². The Morgan fingerprint density at radius 2 is 2.11 bits per heavy atom. The highest BCUT2D eigenvalue weighted by atomic mass is 32.2. The lowest BCUT2D eigenvalue weighted by Crippen LogP contribution is -2.34. The van der Waals surface area contributed by atoms with E-state index in [9.17, 15) is 13.2 Å². The molecule has 1 aromatic carbocycles. The number of benzene rings is 1. The average molecular weight is 390 g/mol. The molecule has 0 aliphatic carbocycles. The van der Waals surface area contributed by atoms with E-state index in [1.54, 1.807) is 30.1 Å². The lowest BCUT2D eigenvalue weighted by Gasteiger charge is -2.23. The number of aromatic nitrogens is 2. The van der Waals surface area contributed by atoms with Crippen LogP contribution >= 0.6 is 0 Å². The number of nitrogens with zero attached hydrogens (tertiary/aromatic N) is 3. The zero-order valence-corrected chi connectivity index (χ0v) is 16.1. The van der Waals surface area contributed by atoms with Gasteiger partial charge in [0.25, 0.3) is 5.91 Å². The van der Waals surface area contributed by atoms with E-state index in [0.717, 1.165) is 0 Å². The zero-order chi connectivity index (χ0) is 19.4. The Balaban J connectivity index is 1.76. The molecule has 27 heavy (non-hydrogen) atoms. The van der Waals surface area contributed by atoms with Gasteiger partial charge in [0.05, 0.1) is 23.8 Å². The van der Waals surface area contributed by atoms with Gasteiger partial charge in [0, 0.05) is 19.3 Å². The van der Waals surface area contributed by atoms with Gasteiger partial charge in [-0.3, -0.25) is 4.79 Å². The van der Waals surface area contributed by atoms with Crippen molar-refractivity contribution >= 4 is 27.4 Å². The number of hydrogen-bond donors (Lipinski definition) is 1. The fourth-order valence-electron chi connectivity index (χ4n) is 2.93. The third kappa shape index (κ3) is 4.54. The Morgan fingerprint density at radius 1 is 1.33 bits per heavy atom. The second kappa shape index (κ2) is 7.91. The number of para-hydroxylation sites is 2. The Kier molecular flexibility index (Phi) is 5.59. The van der Waals surface area contributed by atoms with Crippen LogP contribution in [-0.2, 0) is 9.84 Å². The molecule has 8 nitrogen and oxygen atoms in total. The largest absolute Gasteiger partial charge is 0.492 e. The summed E-state index contributed by atoms with van der Waals surface area (Å²) in [6.07, 6.45) is 2.02. The van der Waals surface area contributed by atoms with Gasteiger partial charge in [-0.25, -0.2) is 18.4 Å². The smallest absolute Gasteiger partial charge is 0.274 e. The standard InChI is InChI=1S/C18H22N4O4S/c1-3-26-16-7-5-4-6-14(16)20-17(23)15-8-10-19-18(21-15)22(2)13-9-11-27(24,25)12-13/h4-8,10,13H,3,9,11-12H2,1-2H3,(H,20,23). The molecule has 9 heteroatoms. The Hall–Kier alpha value is -2.68. The molecule has 0 radical (unpaired) electrons. The number of nitrogens with one attached hydrogen (secondary N) is 1. The lowest BCUT2D eigenvalue weighted by molar-refractivity contribution is 0.102. The Labute approximate surface area is 158 Å². The van der Waals surface area contributed by atoms with E-state index in [-0.39, 0.29) is 23.2 Å². The van der Waals surface area contributed by atoms with Crippen molar-refractivity contribution in [2.24, 2.45) is 0 Å². The highest BCUT2D eigenvalue weighted by Gasteiger charge is 2.32. The molecule has 0 spiro atoms. The van der Waals surface area contributed by atoms with Crippen LogP contribution < -0.4 is 15.0 Å². The second-order valence-electron chi connectivity index (χ2n) is 6.29. The van der Waals surface area contributed by atoms with Crippen LogP contribution in [0.1, 0.15) is 23.8 Å². The van der Waals surface area contributed by atoms with Crippen LogP contribution in [0.15, 0.2) is 36.5 Å². The van der Waals surface area contributed by atoms with Crippen molar-refractivity contribution in [3.05, 3.63) is 42.2 Å². The van der Waals surface area contributed by atoms with Gasteiger partial charge in [-0.15, -0.1) is 0 Å². The molecule has 1 N–H and O–H groups in total. The Morgan fingerprint density at radius 3 is 2.81 bits per heavy atom. The van der Waals surface area contributed by atoms with E-state index < -0.39 is 15.7 Å². The quantitative estimate of drug-likeness (QED) is 0.802. The lowest BCUT2D eigenvalue weighted by atomic mass is 10.2. The number of anilines is 2. The first kappa shape index (κ1) is 19.1. The molecule has 2 heterocycles. The number of ether oxygens (including phenoxy) is 1. The van der Waals surface area contributed by atoms with Gasteiger partial charge in [0.15, 0.2) is 9.84 Å². The van der Waals surface area contributed by atoms with Crippen LogP contribution in [0, 0.1) is 0 Å². The van der Waals surface area contributed by atoms with Gasteiger partial charge >= 0.3 is 0 Å². The SMILES string of the molecule is CCOc1ccccc1NC(=O)c1ccnc(N(C)C2CCS(=O)(=O)C2)n1. The van der Waals surface area contributed by atoms with E-state index in [1.165, 1.54) is 12.3 Å². The molecule has 1 aliphatic heterocycles. The molecule has 3 rings (SSSR count). The summed E-state index contributed by atoms with van der Waals surface area (Å²) in [5.41, 5.74) is 0.749. The summed E-state index contributed by atoms with van der Waals surface area (Å²) in [4.78, 5) is 22.8. The summed E-state index contributed by atoms with van der Waals surface area (Å²) in [6.45, 7) is 2.36. The van der Waals surface area contributed by atoms with Crippen molar-refractivity contribution in [1.82, 2.24) is 9.97 Å². The number of carbonyl (C=O) groups excluding carboxylic acids is 1. The molecular formula is C18H22N4O4S. The summed E-state index contributed by atoms with van der Waals surface area (Å²) in [6, 6.07) is 8.49. The van der Waals surface area contributed by atoms with Gasteiger partial charge in [0.2, 0.25) is 5.95 Å². The van der Waals surface area contributed by atoms with Crippen LogP contribution in [0.4, 0.5) is 11.6 Å². The molecule has 2 aromatic rings. The van der Waals surface area contributed by atoms with Crippen molar-refractivity contribution in [1.29, 1.82) is 0 Å². The van der Waals surface area contributed by atoms with Crippen LogP contribution in [0.5, 0.6) is 5.75 Å². The van der Waals surface area contributed by atoms with Crippen LogP contribution in [-0.4, -0.2) is 55.5 Å².